The number of pyridine rings is 1. The Morgan fingerprint density at radius 1 is 1.20 bits per heavy atom. The van der Waals surface area contributed by atoms with E-state index in [4.69, 9.17) is 0 Å². The first kappa shape index (κ1) is 17.4. The lowest BCUT2D eigenvalue weighted by Crippen LogP contribution is -2.45. The number of carbonyl (C=O) groups excluding carboxylic acids is 1. The Labute approximate surface area is 148 Å². The zero-order valence-corrected chi connectivity index (χ0v) is 14.6. The van der Waals surface area contributed by atoms with Gasteiger partial charge in [-0.1, -0.05) is 36.4 Å². The molecule has 1 aliphatic heterocycles. The van der Waals surface area contributed by atoms with Gasteiger partial charge in [-0.3, -0.25) is 4.98 Å². The molecule has 0 radical (unpaired) electrons. The maximum absolute atomic E-state index is 12.3. The number of benzene rings is 1. The van der Waals surface area contributed by atoms with Gasteiger partial charge in [0.15, 0.2) is 0 Å². The normalized spacial score (nSPS) is 16.5. The second kappa shape index (κ2) is 8.12. The molecule has 0 aliphatic carbocycles. The fourth-order valence-corrected chi connectivity index (χ4v) is 3.32. The van der Waals surface area contributed by atoms with Gasteiger partial charge in [0.1, 0.15) is 0 Å². The van der Waals surface area contributed by atoms with Gasteiger partial charge in [-0.15, -0.1) is 0 Å². The molecule has 5 nitrogen and oxygen atoms in total. The Bertz CT molecular complexity index is 697. The van der Waals surface area contributed by atoms with Gasteiger partial charge in [-0.05, 0) is 43.4 Å². The third kappa shape index (κ3) is 4.57. The number of piperidine rings is 1. The van der Waals surface area contributed by atoms with E-state index >= 15 is 0 Å². The largest absolute Gasteiger partial charge is 0.388 e. The highest BCUT2D eigenvalue weighted by Gasteiger charge is 2.28. The number of hydrogen-bond acceptors (Lipinski definition) is 3. The smallest absolute Gasteiger partial charge is 0.317 e. The first-order valence-electron chi connectivity index (χ1n) is 8.82. The van der Waals surface area contributed by atoms with Gasteiger partial charge in [0, 0.05) is 18.8 Å². The van der Waals surface area contributed by atoms with Crippen LogP contribution in [-0.2, 0) is 6.54 Å². The van der Waals surface area contributed by atoms with Gasteiger partial charge in [0.2, 0.25) is 0 Å². The molecular weight excluding hydrogens is 314 g/mol. The molecule has 132 valence electrons. The lowest BCUT2D eigenvalue weighted by atomic mass is 9.87. The Balaban J connectivity index is 1.47. The van der Waals surface area contributed by atoms with Crippen molar-refractivity contribution in [1.29, 1.82) is 0 Å². The number of aliphatic hydroxyl groups excluding tert-OH is 1. The molecule has 0 spiro atoms. The van der Waals surface area contributed by atoms with E-state index in [-0.39, 0.29) is 11.9 Å². The second-order valence-corrected chi connectivity index (χ2v) is 6.61. The fourth-order valence-electron chi connectivity index (χ4n) is 3.32. The Morgan fingerprint density at radius 2 is 1.92 bits per heavy atom. The summed E-state index contributed by atoms with van der Waals surface area (Å²) in [5.41, 5.74) is 2.76. The predicted octanol–water partition coefficient (Wildman–Crippen LogP) is 3.05. The summed E-state index contributed by atoms with van der Waals surface area (Å²) in [6.07, 6.45) is 1.17. The molecule has 2 heterocycles. The molecule has 2 N–H and O–H groups in total. The molecule has 2 amide bonds. The van der Waals surface area contributed by atoms with Crippen LogP contribution in [0.25, 0.3) is 0 Å². The molecule has 1 aromatic heterocycles. The zero-order valence-electron chi connectivity index (χ0n) is 14.6. The molecule has 0 bridgehead atoms. The third-order valence-electron chi connectivity index (χ3n) is 4.78. The van der Waals surface area contributed by atoms with E-state index in [1.54, 1.807) is 0 Å². The molecule has 2 aromatic rings. The lowest BCUT2D eigenvalue weighted by Gasteiger charge is -2.34. The number of nitrogens with zero attached hydrogens (tertiary/aromatic N) is 2. The summed E-state index contributed by atoms with van der Waals surface area (Å²) in [5, 5.41) is 13.5. The number of aliphatic hydroxyl groups is 1. The van der Waals surface area contributed by atoms with Gasteiger partial charge >= 0.3 is 6.03 Å². The maximum Gasteiger partial charge on any atom is 0.317 e. The van der Waals surface area contributed by atoms with Crippen LogP contribution in [-0.4, -0.2) is 34.1 Å². The van der Waals surface area contributed by atoms with Crippen LogP contribution in [0, 0.1) is 12.8 Å². The van der Waals surface area contributed by atoms with Crippen molar-refractivity contribution in [3.05, 3.63) is 65.5 Å². The van der Waals surface area contributed by atoms with Crippen LogP contribution in [0.3, 0.4) is 0 Å². The van der Waals surface area contributed by atoms with Crippen LogP contribution < -0.4 is 5.32 Å². The summed E-state index contributed by atoms with van der Waals surface area (Å²) in [7, 11) is 0. The Morgan fingerprint density at radius 3 is 2.60 bits per heavy atom. The highest BCUT2D eigenvalue weighted by molar-refractivity contribution is 5.74. The summed E-state index contributed by atoms with van der Waals surface area (Å²) in [6.45, 7) is 3.71. The number of aryl methyl sites for hydroxylation is 1. The van der Waals surface area contributed by atoms with E-state index < -0.39 is 6.10 Å². The highest BCUT2D eigenvalue weighted by atomic mass is 16.3. The molecule has 25 heavy (non-hydrogen) atoms. The fraction of sp³-hybridized carbons (Fsp3) is 0.400. The molecular formula is C20H25N3O2. The highest BCUT2D eigenvalue weighted by Crippen LogP contribution is 2.30. The number of carbonyl (C=O) groups is 1. The Kier molecular flexibility index (Phi) is 5.66. The summed E-state index contributed by atoms with van der Waals surface area (Å²) in [5.74, 6) is 0.199. The van der Waals surface area contributed by atoms with Gasteiger partial charge in [0.05, 0.1) is 18.3 Å². The zero-order chi connectivity index (χ0) is 17.6. The number of urea groups is 1. The average Bonchev–Trinajstić information content (AvgIpc) is 2.66. The van der Waals surface area contributed by atoms with Crippen molar-refractivity contribution >= 4 is 6.03 Å². The summed E-state index contributed by atoms with van der Waals surface area (Å²) in [6, 6.07) is 15.5. The van der Waals surface area contributed by atoms with Crippen LogP contribution in [0.4, 0.5) is 4.79 Å². The van der Waals surface area contributed by atoms with E-state index in [0.717, 1.165) is 29.8 Å². The van der Waals surface area contributed by atoms with Gasteiger partial charge in [-0.2, -0.15) is 0 Å². The van der Waals surface area contributed by atoms with E-state index in [2.05, 4.69) is 10.3 Å². The molecule has 5 heteroatoms. The topological polar surface area (TPSA) is 65.5 Å². The summed E-state index contributed by atoms with van der Waals surface area (Å²) >= 11 is 0. The first-order chi connectivity index (χ1) is 12.1. The van der Waals surface area contributed by atoms with Crippen LogP contribution in [0.5, 0.6) is 0 Å². The lowest BCUT2D eigenvalue weighted by molar-refractivity contribution is 0.0665. The maximum atomic E-state index is 12.3. The number of nitrogens with one attached hydrogen (secondary N) is 1. The summed E-state index contributed by atoms with van der Waals surface area (Å²) < 4.78 is 0. The van der Waals surface area contributed by atoms with Crippen LogP contribution in [0.1, 0.15) is 35.9 Å². The minimum absolute atomic E-state index is 0.0593. The SMILES string of the molecule is Cc1cccc(CNC(=O)N2CCC(C(O)c3ccccc3)CC2)n1. The molecule has 1 fully saturated rings. The molecule has 1 atom stereocenters. The number of amides is 2. The van der Waals surface area contributed by atoms with Gasteiger partial charge in [0.25, 0.3) is 0 Å². The van der Waals surface area contributed by atoms with Crippen molar-refractivity contribution in [3.8, 4) is 0 Å². The van der Waals surface area contributed by atoms with Crippen molar-refractivity contribution in [2.24, 2.45) is 5.92 Å². The first-order valence-corrected chi connectivity index (χ1v) is 8.82. The number of hydrogen-bond donors (Lipinski definition) is 2. The monoisotopic (exact) mass is 339 g/mol. The Hall–Kier alpha value is -2.40. The minimum atomic E-state index is -0.456. The molecule has 1 aromatic carbocycles. The van der Waals surface area contributed by atoms with Crippen LogP contribution in [0.15, 0.2) is 48.5 Å². The van der Waals surface area contributed by atoms with Crippen molar-refractivity contribution in [2.75, 3.05) is 13.1 Å². The minimum Gasteiger partial charge on any atom is -0.388 e. The number of rotatable bonds is 4. The second-order valence-electron chi connectivity index (χ2n) is 6.61. The quantitative estimate of drug-likeness (QED) is 0.900. The van der Waals surface area contributed by atoms with Crippen molar-refractivity contribution < 1.29 is 9.90 Å². The van der Waals surface area contributed by atoms with Crippen LogP contribution in [0.2, 0.25) is 0 Å². The predicted molar refractivity (Wildman–Crippen MR) is 96.9 cm³/mol. The van der Waals surface area contributed by atoms with E-state index in [1.165, 1.54) is 0 Å². The molecule has 1 unspecified atom stereocenters. The van der Waals surface area contributed by atoms with E-state index in [1.807, 2.05) is 60.4 Å². The van der Waals surface area contributed by atoms with Crippen molar-refractivity contribution in [1.82, 2.24) is 15.2 Å². The van der Waals surface area contributed by atoms with Crippen molar-refractivity contribution in [3.63, 3.8) is 0 Å². The number of aromatic nitrogens is 1. The summed E-state index contributed by atoms with van der Waals surface area (Å²) in [4.78, 5) is 18.5. The molecule has 1 saturated heterocycles. The third-order valence-corrected chi connectivity index (χ3v) is 4.78. The average molecular weight is 339 g/mol. The van der Waals surface area contributed by atoms with E-state index in [9.17, 15) is 9.90 Å². The molecule has 1 aliphatic rings. The van der Waals surface area contributed by atoms with Gasteiger partial charge < -0.3 is 15.3 Å². The van der Waals surface area contributed by atoms with E-state index in [0.29, 0.717) is 19.6 Å². The van der Waals surface area contributed by atoms with Gasteiger partial charge in [-0.25, -0.2) is 4.79 Å². The van der Waals surface area contributed by atoms with Crippen LogP contribution >= 0.6 is 0 Å². The number of likely N-dealkylation sites (tertiary alicyclic amines) is 1. The molecule has 3 rings (SSSR count). The molecule has 0 saturated carbocycles. The standard InChI is InChI=1S/C20H25N3O2/c1-15-6-5-9-18(22-15)14-21-20(25)23-12-10-17(11-13-23)19(24)16-7-3-2-4-8-16/h2-9,17,19,24H,10-14H2,1H3,(H,21,25). The van der Waals surface area contributed by atoms with Crippen molar-refractivity contribution in [2.45, 2.75) is 32.4 Å².